The number of hydrazine groups is 1. The number of hydrogen-bond donors (Lipinski definition) is 0. The Morgan fingerprint density at radius 3 is 2.68 bits per heavy atom. The maximum atomic E-state index is 12.1. The van der Waals surface area contributed by atoms with Crippen LogP contribution in [0, 0.1) is 0 Å². The molecule has 2 rings (SSSR count). The van der Waals surface area contributed by atoms with Crippen LogP contribution in [0.25, 0.3) is 0 Å². The first-order valence-corrected chi connectivity index (χ1v) is 6.77. The molecule has 1 amide bonds. The van der Waals surface area contributed by atoms with Crippen LogP contribution in [0.4, 0.5) is 0 Å². The zero-order valence-corrected chi connectivity index (χ0v) is 11.9. The van der Waals surface area contributed by atoms with E-state index in [1.54, 1.807) is 12.1 Å². The summed E-state index contributed by atoms with van der Waals surface area (Å²) in [6, 6.07) is 10.3. The van der Waals surface area contributed by atoms with Crippen LogP contribution in [-0.2, 0) is 9.53 Å². The Kier molecular flexibility index (Phi) is 4.56. The highest BCUT2D eigenvalue weighted by Gasteiger charge is 2.33. The summed E-state index contributed by atoms with van der Waals surface area (Å²) in [7, 11) is 3.62. The van der Waals surface area contributed by atoms with Crippen molar-refractivity contribution in [3.8, 4) is 0 Å². The highest BCUT2D eigenvalue weighted by Crippen LogP contribution is 2.26. The largest absolute Gasteiger partial charge is 0.360 e. The van der Waals surface area contributed by atoms with Gasteiger partial charge in [-0.05, 0) is 25.3 Å². The van der Waals surface area contributed by atoms with Gasteiger partial charge in [0.2, 0.25) is 5.91 Å². The van der Waals surface area contributed by atoms with E-state index in [1.807, 2.05) is 30.3 Å². The van der Waals surface area contributed by atoms with Crippen molar-refractivity contribution in [2.45, 2.75) is 38.5 Å². The second-order valence-electron chi connectivity index (χ2n) is 4.98. The maximum absolute atomic E-state index is 12.1. The van der Waals surface area contributed by atoms with Gasteiger partial charge < -0.3 is 4.74 Å². The lowest BCUT2D eigenvalue weighted by molar-refractivity contribution is -0.193. The van der Waals surface area contributed by atoms with Gasteiger partial charge in [0.1, 0.15) is 6.23 Å². The van der Waals surface area contributed by atoms with Crippen LogP contribution in [-0.4, -0.2) is 36.3 Å². The van der Waals surface area contributed by atoms with E-state index in [0.29, 0.717) is 6.42 Å². The SMILES string of the molecule is COC1CCCC(=O)N1N(C)[C@@H](C)c1ccccc1. The van der Waals surface area contributed by atoms with E-state index in [0.717, 1.165) is 12.8 Å². The summed E-state index contributed by atoms with van der Waals surface area (Å²) < 4.78 is 5.44. The second kappa shape index (κ2) is 6.17. The Morgan fingerprint density at radius 2 is 2.05 bits per heavy atom. The molecule has 0 radical (unpaired) electrons. The summed E-state index contributed by atoms with van der Waals surface area (Å²) in [6.45, 7) is 2.10. The van der Waals surface area contributed by atoms with Crippen LogP contribution in [0.3, 0.4) is 0 Å². The summed E-state index contributed by atoms with van der Waals surface area (Å²) in [5.74, 6) is 0.142. The number of piperidine rings is 1. The third kappa shape index (κ3) is 2.96. The molecule has 1 aliphatic rings. The Morgan fingerprint density at radius 1 is 1.37 bits per heavy atom. The molecule has 2 atom stereocenters. The van der Waals surface area contributed by atoms with Crippen molar-refractivity contribution in [1.82, 2.24) is 10.0 Å². The second-order valence-corrected chi connectivity index (χ2v) is 4.98. The molecule has 0 spiro atoms. The zero-order valence-electron chi connectivity index (χ0n) is 11.9. The van der Waals surface area contributed by atoms with Crippen LogP contribution in [0.15, 0.2) is 30.3 Å². The van der Waals surface area contributed by atoms with Crippen LogP contribution in [0.2, 0.25) is 0 Å². The molecule has 104 valence electrons. The molecule has 1 fully saturated rings. The quantitative estimate of drug-likeness (QED) is 0.836. The number of methoxy groups -OCH3 is 1. The van der Waals surface area contributed by atoms with Gasteiger partial charge in [-0.15, -0.1) is 0 Å². The highest BCUT2D eigenvalue weighted by molar-refractivity contribution is 5.76. The van der Waals surface area contributed by atoms with Gasteiger partial charge in [-0.25, -0.2) is 10.0 Å². The fraction of sp³-hybridized carbons (Fsp3) is 0.533. The number of rotatable bonds is 4. The number of ether oxygens (including phenoxy) is 1. The van der Waals surface area contributed by atoms with Crippen LogP contribution < -0.4 is 0 Å². The summed E-state index contributed by atoms with van der Waals surface area (Å²) in [5.41, 5.74) is 1.19. The fourth-order valence-corrected chi connectivity index (χ4v) is 2.56. The molecule has 0 aliphatic carbocycles. The molecule has 0 aromatic heterocycles. The fourth-order valence-electron chi connectivity index (χ4n) is 2.56. The van der Waals surface area contributed by atoms with Gasteiger partial charge >= 0.3 is 0 Å². The van der Waals surface area contributed by atoms with E-state index in [-0.39, 0.29) is 18.2 Å². The van der Waals surface area contributed by atoms with Crippen LogP contribution in [0.5, 0.6) is 0 Å². The predicted octanol–water partition coefficient (Wildman–Crippen LogP) is 2.58. The van der Waals surface area contributed by atoms with Crippen LogP contribution >= 0.6 is 0 Å². The lowest BCUT2D eigenvalue weighted by Crippen LogP contribution is -2.53. The van der Waals surface area contributed by atoms with Gasteiger partial charge in [0.15, 0.2) is 0 Å². The Hall–Kier alpha value is -1.39. The van der Waals surface area contributed by atoms with E-state index in [2.05, 4.69) is 19.1 Å². The van der Waals surface area contributed by atoms with E-state index < -0.39 is 0 Å². The lowest BCUT2D eigenvalue weighted by Gasteiger charge is -2.43. The van der Waals surface area contributed by atoms with Crippen molar-refractivity contribution in [2.24, 2.45) is 0 Å². The third-order valence-corrected chi connectivity index (χ3v) is 3.82. The van der Waals surface area contributed by atoms with Gasteiger partial charge in [0.05, 0.1) is 6.04 Å². The van der Waals surface area contributed by atoms with E-state index in [9.17, 15) is 4.79 Å². The van der Waals surface area contributed by atoms with Crippen molar-refractivity contribution >= 4 is 5.91 Å². The van der Waals surface area contributed by atoms with Crippen molar-refractivity contribution in [3.05, 3.63) is 35.9 Å². The van der Waals surface area contributed by atoms with Crippen molar-refractivity contribution < 1.29 is 9.53 Å². The Labute approximate surface area is 114 Å². The highest BCUT2D eigenvalue weighted by atomic mass is 16.5. The van der Waals surface area contributed by atoms with Crippen molar-refractivity contribution in [3.63, 3.8) is 0 Å². The smallest absolute Gasteiger partial charge is 0.239 e. The van der Waals surface area contributed by atoms with E-state index >= 15 is 0 Å². The van der Waals surface area contributed by atoms with Gasteiger partial charge in [0, 0.05) is 20.6 Å². The normalized spacial score (nSPS) is 21.8. The molecule has 4 nitrogen and oxygen atoms in total. The molecule has 0 saturated carbocycles. The predicted molar refractivity (Wildman–Crippen MR) is 74.1 cm³/mol. The third-order valence-electron chi connectivity index (χ3n) is 3.82. The first kappa shape index (κ1) is 14.0. The van der Waals surface area contributed by atoms with Gasteiger partial charge in [-0.3, -0.25) is 4.79 Å². The molecule has 1 aromatic carbocycles. The molecule has 19 heavy (non-hydrogen) atoms. The van der Waals surface area contributed by atoms with E-state index in [4.69, 9.17) is 4.74 Å². The van der Waals surface area contributed by atoms with Gasteiger partial charge in [-0.2, -0.15) is 0 Å². The topological polar surface area (TPSA) is 32.8 Å². The average Bonchev–Trinajstić information content (AvgIpc) is 2.46. The Balaban J connectivity index is 2.17. The molecule has 0 bridgehead atoms. The molecule has 1 aromatic rings. The zero-order chi connectivity index (χ0) is 13.8. The summed E-state index contributed by atoms with van der Waals surface area (Å²) in [4.78, 5) is 12.1. The number of amides is 1. The van der Waals surface area contributed by atoms with Crippen LogP contribution in [0.1, 0.15) is 37.8 Å². The summed E-state index contributed by atoms with van der Waals surface area (Å²) in [5, 5.41) is 3.76. The standard InChI is InChI=1S/C15H22N2O2/c1-12(13-8-5-4-6-9-13)16(2)17-14(18)10-7-11-15(17)19-3/h4-6,8-9,12,15H,7,10-11H2,1-3H3/t12-,15?/m0/s1. The number of nitrogens with zero attached hydrogens (tertiary/aromatic N) is 2. The van der Waals surface area contributed by atoms with Gasteiger partial charge in [-0.1, -0.05) is 30.3 Å². The molecule has 0 N–H and O–H groups in total. The Bertz CT molecular complexity index is 421. The molecular weight excluding hydrogens is 240 g/mol. The molecule has 1 saturated heterocycles. The summed E-state index contributed by atoms with van der Waals surface area (Å²) in [6.07, 6.45) is 2.26. The lowest BCUT2D eigenvalue weighted by atomic mass is 10.1. The minimum Gasteiger partial charge on any atom is -0.360 e. The molecule has 1 aliphatic heterocycles. The molecule has 4 heteroatoms. The van der Waals surface area contributed by atoms with E-state index in [1.165, 1.54) is 5.56 Å². The number of benzene rings is 1. The molecule has 1 unspecified atom stereocenters. The minimum atomic E-state index is -0.141. The van der Waals surface area contributed by atoms with Gasteiger partial charge in [0.25, 0.3) is 0 Å². The van der Waals surface area contributed by atoms with Crippen molar-refractivity contribution in [1.29, 1.82) is 0 Å². The first-order chi connectivity index (χ1) is 9.15. The maximum Gasteiger partial charge on any atom is 0.239 e. The average molecular weight is 262 g/mol. The number of carbonyl (C=O) groups is 1. The molecule has 1 heterocycles. The number of hydrogen-bond acceptors (Lipinski definition) is 3. The summed E-state index contributed by atoms with van der Waals surface area (Å²) >= 11 is 0. The first-order valence-electron chi connectivity index (χ1n) is 6.77. The molecular formula is C15H22N2O2. The monoisotopic (exact) mass is 262 g/mol. The number of carbonyl (C=O) groups excluding carboxylic acids is 1. The minimum absolute atomic E-state index is 0.140. The van der Waals surface area contributed by atoms with Crippen molar-refractivity contribution in [2.75, 3.05) is 14.2 Å².